The topological polar surface area (TPSA) is 171 Å². The van der Waals surface area contributed by atoms with E-state index in [2.05, 4.69) is 61.2 Å². The molecule has 1 saturated heterocycles. The second-order valence-corrected chi connectivity index (χ2v) is 9.47. The fourth-order valence-corrected chi connectivity index (χ4v) is 3.72. The highest BCUT2D eigenvalue weighted by molar-refractivity contribution is 7.78. The summed E-state index contributed by atoms with van der Waals surface area (Å²) in [5.41, 5.74) is 11.5. The molecule has 0 aliphatic carbocycles. The number of carbonyl (C=O) groups excluding carboxylic acids is 2. The van der Waals surface area contributed by atoms with Gasteiger partial charge in [-0.25, -0.2) is 4.99 Å². The Bertz CT molecular complexity index is 628. The Morgan fingerprint density at radius 2 is 1.47 bits per heavy atom. The first-order valence-corrected chi connectivity index (χ1v) is 12.6. The lowest BCUT2D eigenvalue weighted by Gasteiger charge is -2.35. The normalized spacial score (nSPS) is 24.9. The third kappa shape index (κ3) is 13.4. The molecule has 10 N–H and O–H groups in total. The molecule has 1 heterocycles. The van der Waals surface area contributed by atoms with E-state index in [1.165, 1.54) is 0 Å². The van der Waals surface area contributed by atoms with Crippen LogP contribution in [0.4, 0.5) is 0 Å². The van der Waals surface area contributed by atoms with E-state index in [1.807, 2.05) is 0 Å². The lowest BCUT2D eigenvalue weighted by Crippen LogP contribution is -2.65. The van der Waals surface area contributed by atoms with Gasteiger partial charge in [0.15, 0.2) is 0 Å². The molecule has 0 aromatic heterocycles. The lowest BCUT2D eigenvalue weighted by atomic mass is 9.90. The summed E-state index contributed by atoms with van der Waals surface area (Å²) >= 11 is 4.50. The molecule has 1 fully saturated rings. The summed E-state index contributed by atoms with van der Waals surface area (Å²) in [4.78, 5) is 28.4. The molecule has 0 aromatic rings. The molecule has 0 spiro atoms. The highest BCUT2D eigenvalue weighted by atomic mass is 32.1. The first-order valence-electron chi connectivity index (χ1n) is 12.2. The summed E-state index contributed by atoms with van der Waals surface area (Å²) in [5, 5.41) is 22.0. The SMILES string of the molecule is CC1(CN)CNCCNCC(CN)(NC(=O)CCCC(=O)NCCCN=C=S)CNCCNC1. The molecular formula is C22H45N9O2S. The van der Waals surface area contributed by atoms with Crippen LogP contribution in [0.2, 0.25) is 0 Å². The van der Waals surface area contributed by atoms with Crippen LogP contribution in [-0.4, -0.2) is 101 Å². The Kier molecular flexibility index (Phi) is 16.0. The van der Waals surface area contributed by atoms with Crippen molar-refractivity contribution < 1.29 is 9.59 Å². The van der Waals surface area contributed by atoms with Crippen molar-refractivity contribution in [2.45, 2.75) is 38.1 Å². The molecule has 0 unspecified atom stereocenters. The van der Waals surface area contributed by atoms with Gasteiger partial charge in [-0.3, -0.25) is 9.59 Å². The molecule has 2 amide bonds. The average Bonchev–Trinajstić information content (AvgIpc) is 2.82. The number of nitrogens with zero attached hydrogens (tertiary/aromatic N) is 1. The predicted molar refractivity (Wildman–Crippen MR) is 140 cm³/mol. The van der Waals surface area contributed by atoms with Crippen LogP contribution in [0.15, 0.2) is 4.99 Å². The summed E-state index contributed by atoms with van der Waals surface area (Å²) in [5.74, 6) is -0.173. The van der Waals surface area contributed by atoms with Crippen molar-refractivity contribution in [1.29, 1.82) is 0 Å². The van der Waals surface area contributed by atoms with Crippen LogP contribution in [0.1, 0.15) is 32.6 Å². The molecule has 0 atom stereocenters. The number of thiocarbonyl (C=S) groups is 1. The number of rotatable bonds is 11. The van der Waals surface area contributed by atoms with E-state index in [9.17, 15) is 9.59 Å². The van der Waals surface area contributed by atoms with Crippen LogP contribution >= 0.6 is 12.2 Å². The van der Waals surface area contributed by atoms with E-state index in [-0.39, 0.29) is 23.7 Å². The maximum absolute atomic E-state index is 12.6. The van der Waals surface area contributed by atoms with Crippen LogP contribution in [0.5, 0.6) is 0 Å². The van der Waals surface area contributed by atoms with Crippen molar-refractivity contribution in [2.75, 3.05) is 78.5 Å². The molecule has 196 valence electrons. The summed E-state index contributed by atoms with van der Waals surface area (Å²) < 4.78 is 0. The van der Waals surface area contributed by atoms with Gasteiger partial charge in [0.25, 0.3) is 0 Å². The van der Waals surface area contributed by atoms with Crippen molar-refractivity contribution in [1.82, 2.24) is 31.9 Å². The first kappa shape index (κ1) is 30.5. The minimum Gasteiger partial charge on any atom is -0.356 e. The summed E-state index contributed by atoms with van der Waals surface area (Å²) in [7, 11) is 0. The fourth-order valence-electron chi connectivity index (χ4n) is 3.63. The third-order valence-corrected chi connectivity index (χ3v) is 6.05. The Morgan fingerprint density at radius 3 is 2.00 bits per heavy atom. The Labute approximate surface area is 209 Å². The molecule has 0 aromatic carbocycles. The number of isothiocyanates is 1. The van der Waals surface area contributed by atoms with E-state index in [0.29, 0.717) is 58.5 Å². The van der Waals surface area contributed by atoms with Crippen LogP contribution in [0, 0.1) is 5.41 Å². The molecule has 0 bridgehead atoms. The molecule has 11 nitrogen and oxygen atoms in total. The van der Waals surface area contributed by atoms with E-state index in [1.54, 1.807) is 0 Å². The number of amides is 2. The van der Waals surface area contributed by atoms with Gasteiger partial charge in [-0.05, 0) is 25.1 Å². The molecule has 1 aliphatic rings. The van der Waals surface area contributed by atoms with E-state index >= 15 is 0 Å². The number of nitrogens with one attached hydrogen (secondary N) is 6. The van der Waals surface area contributed by atoms with Gasteiger partial charge in [-0.2, -0.15) is 0 Å². The van der Waals surface area contributed by atoms with Gasteiger partial charge in [-0.1, -0.05) is 6.92 Å². The zero-order valence-corrected chi connectivity index (χ0v) is 21.5. The molecule has 0 saturated carbocycles. The number of nitrogens with two attached hydrogens (primary N) is 2. The second kappa shape index (κ2) is 17.9. The van der Waals surface area contributed by atoms with Crippen molar-refractivity contribution in [3.63, 3.8) is 0 Å². The second-order valence-electron chi connectivity index (χ2n) is 9.28. The number of aliphatic imine (C=N–C) groups is 1. The van der Waals surface area contributed by atoms with Crippen LogP contribution in [0.3, 0.4) is 0 Å². The van der Waals surface area contributed by atoms with Gasteiger partial charge >= 0.3 is 0 Å². The molecule has 12 heteroatoms. The van der Waals surface area contributed by atoms with Crippen LogP contribution in [0.25, 0.3) is 0 Å². The van der Waals surface area contributed by atoms with E-state index in [4.69, 9.17) is 11.5 Å². The molecular weight excluding hydrogens is 454 g/mol. The Hall–Kier alpha value is -1.50. The summed E-state index contributed by atoms with van der Waals surface area (Å²) in [6.45, 7) is 10.0. The number of hydrogen-bond donors (Lipinski definition) is 8. The van der Waals surface area contributed by atoms with Gasteiger partial charge in [0.1, 0.15) is 0 Å². The fraction of sp³-hybridized carbons (Fsp3) is 0.864. The number of hydrogen-bond acceptors (Lipinski definition) is 10. The van der Waals surface area contributed by atoms with Crippen molar-refractivity contribution in [3.8, 4) is 0 Å². The van der Waals surface area contributed by atoms with Crippen molar-refractivity contribution in [2.24, 2.45) is 21.9 Å². The van der Waals surface area contributed by atoms with Crippen LogP contribution < -0.4 is 43.4 Å². The average molecular weight is 500 g/mol. The molecule has 1 rings (SSSR count). The minimum atomic E-state index is -0.600. The molecule has 1 aliphatic heterocycles. The van der Waals surface area contributed by atoms with Gasteiger partial charge < -0.3 is 43.4 Å². The zero-order chi connectivity index (χ0) is 25.1. The summed E-state index contributed by atoms with van der Waals surface area (Å²) in [6, 6.07) is 0. The van der Waals surface area contributed by atoms with E-state index in [0.717, 1.165) is 39.3 Å². The maximum Gasteiger partial charge on any atom is 0.220 e. The highest BCUT2D eigenvalue weighted by Gasteiger charge is 2.30. The molecule has 0 radical (unpaired) electrons. The number of carbonyl (C=O) groups is 2. The van der Waals surface area contributed by atoms with Crippen molar-refractivity contribution in [3.05, 3.63) is 0 Å². The lowest BCUT2D eigenvalue weighted by molar-refractivity contribution is -0.123. The van der Waals surface area contributed by atoms with Crippen LogP contribution in [-0.2, 0) is 9.59 Å². The monoisotopic (exact) mass is 499 g/mol. The van der Waals surface area contributed by atoms with Gasteiger partial charge in [0, 0.05) is 90.2 Å². The maximum atomic E-state index is 12.6. The first-order chi connectivity index (χ1) is 16.4. The quantitative estimate of drug-likeness (QED) is 0.0902. The van der Waals surface area contributed by atoms with Crippen molar-refractivity contribution >= 4 is 29.2 Å². The standard InChI is InChI=1S/C22H45N9O2S/c1-21(12-23)14-25-8-10-27-16-22(13-24,17-28-11-9-26-15-21)31-20(33)5-2-4-19(32)30-7-3-6-29-18-34/h25-28H,2-17,23-24H2,1H3,(H,30,32)(H,31,33). The smallest absolute Gasteiger partial charge is 0.220 e. The Balaban J connectivity index is 2.47. The molecule has 34 heavy (non-hydrogen) atoms. The van der Waals surface area contributed by atoms with Gasteiger partial charge in [0.05, 0.1) is 17.2 Å². The van der Waals surface area contributed by atoms with E-state index < -0.39 is 5.54 Å². The predicted octanol–water partition coefficient (Wildman–Crippen LogP) is -2.08. The zero-order valence-electron chi connectivity index (χ0n) is 20.6. The summed E-state index contributed by atoms with van der Waals surface area (Å²) in [6.07, 6.45) is 1.76. The third-order valence-electron chi connectivity index (χ3n) is 5.92. The largest absolute Gasteiger partial charge is 0.356 e. The minimum absolute atomic E-state index is 0.00848. The highest BCUT2D eigenvalue weighted by Crippen LogP contribution is 2.11. The van der Waals surface area contributed by atoms with Gasteiger partial charge in [0.2, 0.25) is 11.8 Å². The van der Waals surface area contributed by atoms with Gasteiger partial charge in [-0.15, -0.1) is 0 Å². The Morgan fingerprint density at radius 1 is 0.912 bits per heavy atom.